The number of methoxy groups -OCH3 is 2. The number of hydrogen-bond donors (Lipinski definition) is 1. The predicted octanol–water partition coefficient (Wildman–Crippen LogP) is 3.43. The third-order valence-corrected chi connectivity index (χ3v) is 4.45. The van der Waals surface area contributed by atoms with Crippen LogP contribution in [0.25, 0.3) is 0 Å². The van der Waals surface area contributed by atoms with Crippen LogP contribution in [0.3, 0.4) is 0 Å². The van der Waals surface area contributed by atoms with Crippen LogP contribution in [0.4, 0.5) is 0 Å². The van der Waals surface area contributed by atoms with Gasteiger partial charge in [0.05, 0.1) is 20.3 Å². The number of nitrogens with one attached hydrogen (secondary N) is 1. The van der Waals surface area contributed by atoms with E-state index in [9.17, 15) is 4.79 Å². The van der Waals surface area contributed by atoms with Crippen LogP contribution in [-0.4, -0.2) is 20.1 Å². The monoisotopic (exact) mass is 311 g/mol. The maximum absolute atomic E-state index is 12.6. The van der Waals surface area contributed by atoms with Crippen molar-refractivity contribution in [1.29, 1.82) is 0 Å². The van der Waals surface area contributed by atoms with E-state index < -0.39 is 0 Å². The fourth-order valence-corrected chi connectivity index (χ4v) is 3.17. The lowest BCUT2D eigenvalue weighted by atomic mass is 10.1. The van der Waals surface area contributed by atoms with E-state index in [2.05, 4.69) is 17.4 Å². The van der Waals surface area contributed by atoms with Crippen LogP contribution in [0.15, 0.2) is 36.4 Å². The van der Waals surface area contributed by atoms with Crippen molar-refractivity contribution in [2.75, 3.05) is 14.2 Å². The molecule has 4 heteroatoms. The molecule has 0 saturated heterocycles. The van der Waals surface area contributed by atoms with Gasteiger partial charge in [0, 0.05) is 11.1 Å². The van der Waals surface area contributed by atoms with Crippen molar-refractivity contribution in [1.82, 2.24) is 5.32 Å². The standard InChI is InChI=1S/C19H21NO3/c1-12-17(22-2)10-14(11-18(12)23-3)19(21)20-16-9-8-13-6-4-5-7-15(13)16/h4-7,10-11,16H,8-9H2,1-3H3,(H,20,21). The molecule has 0 heterocycles. The first-order valence-electron chi connectivity index (χ1n) is 7.75. The van der Waals surface area contributed by atoms with Crippen LogP contribution in [0, 0.1) is 6.92 Å². The Labute approximate surface area is 136 Å². The minimum absolute atomic E-state index is 0.0667. The molecule has 0 saturated carbocycles. The fraction of sp³-hybridized carbons (Fsp3) is 0.316. The Morgan fingerprint density at radius 3 is 2.43 bits per heavy atom. The van der Waals surface area contributed by atoms with Gasteiger partial charge in [-0.25, -0.2) is 0 Å². The summed E-state index contributed by atoms with van der Waals surface area (Å²) in [5.41, 5.74) is 3.97. The fourth-order valence-electron chi connectivity index (χ4n) is 3.17. The van der Waals surface area contributed by atoms with Crippen LogP contribution in [0.2, 0.25) is 0 Å². The summed E-state index contributed by atoms with van der Waals surface area (Å²) < 4.78 is 10.7. The second-order valence-corrected chi connectivity index (χ2v) is 5.77. The number of carbonyl (C=O) groups excluding carboxylic acids is 1. The highest BCUT2D eigenvalue weighted by molar-refractivity contribution is 5.95. The number of ether oxygens (including phenoxy) is 2. The van der Waals surface area contributed by atoms with Crippen LogP contribution < -0.4 is 14.8 Å². The summed E-state index contributed by atoms with van der Waals surface area (Å²) >= 11 is 0. The summed E-state index contributed by atoms with van der Waals surface area (Å²) in [6.07, 6.45) is 1.94. The molecule has 4 nitrogen and oxygen atoms in total. The summed E-state index contributed by atoms with van der Waals surface area (Å²) in [4.78, 5) is 12.6. The van der Waals surface area contributed by atoms with Crippen molar-refractivity contribution in [2.24, 2.45) is 0 Å². The first kappa shape index (κ1) is 15.4. The van der Waals surface area contributed by atoms with Gasteiger partial charge in [-0.3, -0.25) is 4.79 Å². The molecule has 1 unspecified atom stereocenters. The minimum atomic E-state index is -0.108. The highest BCUT2D eigenvalue weighted by atomic mass is 16.5. The van der Waals surface area contributed by atoms with Gasteiger partial charge in [-0.1, -0.05) is 24.3 Å². The number of aryl methyl sites for hydroxylation is 1. The Balaban J connectivity index is 1.84. The van der Waals surface area contributed by atoms with E-state index in [4.69, 9.17) is 9.47 Å². The quantitative estimate of drug-likeness (QED) is 0.941. The van der Waals surface area contributed by atoms with Gasteiger partial charge in [0.1, 0.15) is 11.5 Å². The minimum Gasteiger partial charge on any atom is -0.496 e. The molecular formula is C19H21NO3. The molecule has 0 radical (unpaired) electrons. The molecule has 0 aliphatic heterocycles. The van der Waals surface area contributed by atoms with E-state index in [1.807, 2.05) is 19.1 Å². The molecule has 0 bridgehead atoms. The summed E-state index contributed by atoms with van der Waals surface area (Å²) in [6, 6.07) is 11.8. The molecule has 1 aliphatic rings. The highest BCUT2D eigenvalue weighted by Crippen LogP contribution is 2.32. The highest BCUT2D eigenvalue weighted by Gasteiger charge is 2.24. The van der Waals surface area contributed by atoms with E-state index in [0.29, 0.717) is 17.1 Å². The Morgan fingerprint density at radius 1 is 1.13 bits per heavy atom. The second-order valence-electron chi connectivity index (χ2n) is 5.77. The Hall–Kier alpha value is -2.49. The van der Waals surface area contributed by atoms with Gasteiger partial charge in [-0.2, -0.15) is 0 Å². The number of carbonyl (C=O) groups is 1. The van der Waals surface area contributed by atoms with Crippen molar-refractivity contribution < 1.29 is 14.3 Å². The molecule has 0 fully saturated rings. The zero-order valence-corrected chi connectivity index (χ0v) is 13.7. The molecule has 1 atom stereocenters. The summed E-state index contributed by atoms with van der Waals surface area (Å²) in [7, 11) is 3.19. The van der Waals surface area contributed by atoms with E-state index in [1.54, 1.807) is 26.4 Å². The van der Waals surface area contributed by atoms with Crippen molar-refractivity contribution >= 4 is 5.91 Å². The number of hydrogen-bond acceptors (Lipinski definition) is 3. The van der Waals surface area contributed by atoms with Crippen molar-refractivity contribution in [3.05, 3.63) is 58.7 Å². The number of rotatable bonds is 4. The van der Waals surface area contributed by atoms with E-state index in [-0.39, 0.29) is 11.9 Å². The van der Waals surface area contributed by atoms with E-state index in [1.165, 1.54) is 11.1 Å². The molecular weight excluding hydrogens is 290 g/mol. The lowest BCUT2D eigenvalue weighted by Crippen LogP contribution is -2.27. The number of amides is 1. The number of fused-ring (bicyclic) bond motifs is 1. The van der Waals surface area contributed by atoms with Gasteiger partial charge >= 0.3 is 0 Å². The van der Waals surface area contributed by atoms with Crippen LogP contribution in [0.5, 0.6) is 11.5 Å². The smallest absolute Gasteiger partial charge is 0.252 e. The molecule has 0 aromatic heterocycles. The first-order chi connectivity index (χ1) is 11.1. The van der Waals surface area contributed by atoms with Crippen molar-refractivity contribution in [2.45, 2.75) is 25.8 Å². The molecule has 120 valence electrons. The molecule has 1 amide bonds. The molecule has 0 spiro atoms. The van der Waals surface area contributed by atoms with Crippen LogP contribution in [0.1, 0.15) is 39.5 Å². The third kappa shape index (κ3) is 2.89. The zero-order valence-electron chi connectivity index (χ0n) is 13.7. The van der Waals surface area contributed by atoms with Crippen LogP contribution >= 0.6 is 0 Å². The molecule has 1 aliphatic carbocycles. The summed E-state index contributed by atoms with van der Waals surface area (Å²) in [6.45, 7) is 1.91. The van der Waals surface area contributed by atoms with Crippen molar-refractivity contribution in [3.63, 3.8) is 0 Å². The first-order valence-corrected chi connectivity index (χ1v) is 7.75. The van der Waals surface area contributed by atoms with Gasteiger partial charge in [-0.05, 0) is 43.0 Å². The second kappa shape index (κ2) is 6.32. The largest absolute Gasteiger partial charge is 0.496 e. The molecule has 2 aromatic rings. The average molecular weight is 311 g/mol. The average Bonchev–Trinajstić information content (AvgIpc) is 2.98. The summed E-state index contributed by atoms with van der Waals surface area (Å²) in [5, 5.41) is 3.12. The van der Waals surface area contributed by atoms with Gasteiger partial charge in [-0.15, -0.1) is 0 Å². The SMILES string of the molecule is COc1cc(C(=O)NC2CCc3ccccc32)cc(OC)c1C. The summed E-state index contributed by atoms with van der Waals surface area (Å²) in [5.74, 6) is 1.20. The topological polar surface area (TPSA) is 47.6 Å². The normalized spacial score (nSPS) is 15.9. The van der Waals surface area contributed by atoms with Gasteiger partial charge < -0.3 is 14.8 Å². The Bertz CT molecular complexity index is 714. The molecule has 2 aromatic carbocycles. The van der Waals surface area contributed by atoms with Gasteiger partial charge in [0.15, 0.2) is 0 Å². The Kier molecular flexibility index (Phi) is 4.24. The zero-order chi connectivity index (χ0) is 16.4. The predicted molar refractivity (Wildman–Crippen MR) is 89.3 cm³/mol. The molecule has 1 N–H and O–H groups in total. The van der Waals surface area contributed by atoms with E-state index >= 15 is 0 Å². The third-order valence-electron chi connectivity index (χ3n) is 4.45. The lowest BCUT2D eigenvalue weighted by Gasteiger charge is -2.16. The lowest BCUT2D eigenvalue weighted by molar-refractivity contribution is 0.0936. The van der Waals surface area contributed by atoms with E-state index in [0.717, 1.165) is 18.4 Å². The van der Waals surface area contributed by atoms with Crippen molar-refractivity contribution in [3.8, 4) is 11.5 Å². The molecule has 3 rings (SSSR count). The van der Waals surface area contributed by atoms with Crippen LogP contribution in [-0.2, 0) is 6.42 Å². The van der Waals surface area contributed by atoms with Gasteiger partial charge in [0.2, 0.25) is 0 Å². The molecule has 23 heavy (non-hydrogen) atoms. The maximum atomic E-state index is 12.6. The maximum Gasteiger partial charge on any atom is 0.252 e. The number of benzene rings is 2. The van der Waals surface area contributed by atoms with Gasteiger partial charge in [0.25, 0.3) is 5.91 Å². The Morgan fingerprint density at radius 2 is 1.78 bits per heavy atom.